The summed E-state index contributed by atoms with van der Waals surface area (Å²) in [6.07, 6.45) is 0.910. The average molecular weight is 240 g/mol. The molecular formula is C10H14BO4P. The van der Waals surface area contributed by atoms with Gasteiger partial charge in [0.15, 0.2) is 6.35 Å². The van der Waals surface area contributed by atoms with Crippen LogP contribution < -0.4 is 4.52 Å². The fraction of sp³-hybridized carbons (Fsp3) is 0.400. The monoisotopic (exact) mass is 240 g/mol. The van der Waals surface area contributed by atoms with Crippen molar-refractivity contribution in [3.8, 4) is 5.75 Å². The smallest absolute Gasteiger partial charge is 0.404 e. The molecule has 6 heteroatoms. The summed E-state index contributed by atoms with van der Waals surface area (Å²) in [5.41, 5.74) is 0. The molecule has 1 fully saturated rings. The molecule has 0 N–H and O–H groups in total. The highest BCUT2D eigenvalue weighted by atomic mass is 31.2. The van der Waals surface area contributed by atoms with Crippen molar-refractivity contribution in [2.45, 2.75) is 12.4 Å². The highest BCUT2D eigenvalue weighted by Gasteiger charge is 2.33. The molecule has 1 heterocycles. The largest absolute Gasteiger partial charge is 0.423 e. The number of para-hydroxylation sites is 1. The van der Waals surface area contributed by atoms with Crippen LogP contribution in [0, 0.1) is 0 Å². The van der Waals surface area contributed by atoms with Crippen molar-refractivity contribution >= 4 is 15.4 Å². The van der Waals surface area contributed by atoms with Crippen LogP contribution in [0.15, 0.2) is 30.3 Å². The highest BCUT2D eigenvalue weighted by Crippen LogP contribution is 2.50. The van der Waals surface area contributed by atoms with Gasteiger partial charge in [0, 0.05) is 0 Å². The lowest BCUT2D eigenvalue weighted by molar-refractivity contribution is 0.0142. The van der Waals surface area contributed by atoms with E-state index in [1.165, 1.54) is 0 Å². The lowest BCUT2D eigenvalue weighted by atomic mass is 10.0. The molecule has 1 aliphatic heterocycles. The van der Waals surface area contributed by atoms with Crippen LogP contribution in [-0.2, 0) is 13.8 Å². The lowest BCUT2D eigenvalue weighted by Gasteiger charge is -2.28. The molecule has 1 saturated heterocycles. The van der Waals surface area contributed by atoms with Gasteiger partial charge in [0.05, 0.1) is 12.7 Å². The van der Waals surface area contributed by atoms with Crippen LogP contribution in [0.25, 0.3) is 0 Å². The summed E-state index contributed by atoms with van der Waals surface area (Å²) in [4.78, 5) is 0. The summed E-state index contributed by atoms with van der Waals surface area (Å²) >= 11 is 0. The van der Waals surface area contributed by atoms with E-state index >= 15 is 0 Å². The summed E-state index contributed by atoms with van der Waals surface area (Å²) in [5.74, 6) is 0.546. The molecule has 4 nitrogen and oxygen atoms in total. The predicted molar refractivity (Wildman–Crippen MR) is 63.7 cm³/mol. The van der Waals surface area contributed by atoms with Gasteiger partial charge in [0.1, 0.15) is 13.6 Å². The number of hydrogen-bond acceptors (Lipinski definition) is 4. The Bertz CT molecular complexity index is 372. The second-order valence-electron chi connectivity index (χ2n) is 3.64. The molecule has 0 spiro atoms. The van der Waals surface area contributed by atoms with E-state index in [1.807, 2.05) is 26.0 Å². The van der Waals surface area contributed by atoms with Gasteiger partial charge in [-0.25, -0.2) is 4.57 Å². The molecule has 1 aliphatic rings. The molecule has 0 bridgehead atoms. The first-order chi connectivity index (χ1) is 7.72. The minimum absolute atomic E-state index is 0.0282. The van der Waals surface area contributed by atoms with Gasteiger partial charge in [-0.2, -0.15) is 0 Å². The van der Waals surface area contributed by atoms with E-state index in [0.29, 0.717) is 12.4 Å². The van der Waals surface area contributed by atoms with Crippen molar-refractivity contribution in [1.29, 1.82) is 0 Å². The number of ether oxygens (including phenoxy) is 1. The second kappa shape index (κ2) is 5.04. The van der Waals surface area contributed by atoms with Crippen LogP contribution in [0.1, 0.15) is 0 Å². The molecule has 0 aliphatic carbocycles. The van der Waals surface area contributed by atoms with E-state index in [2.05, 4.69) is 0 Å². The minimum Gasteiger partial charge on any atom is -0.423 e. The summed E-state index contributed by atoms with van der Waals surface area (Å²) in [7, 11) is -1.11. The van der Waals surface area contributed by atoms with E-state index in [1.54, 1.807) is 12.1 Å². The summed E-state index contributed by atoms with van der Waals surface area (Å²) in [6.45, 7) is 0.334. The van der Waals surface area contributed by atoms with Crippen molar-refractivity contribution < 1.29 is 18.3 Å². The Morgan fingerprint density at radius 1 is 1.44 bits per heavy atom. The van der Waals surface area contributed by atoms with Gasteiger partial charge in [-0.15, -0.1) is 0 Å². The van der Waals surface area contributed by atoms with E-state index in [-0.39, 0.29) is 12.5 Å². The lowest BCUT2D eigenvalue weighted by Crippen LogP contribution is -2.26. The molecule has 16 heavy (non-hydrogen) atoms. The number of benzene rings is 1. The Kier molecular flexibility index (Phi) is 3.69. The first-order valence-electron chi connectivity index (χ1n) is 5.32. The molecular weight excluding hydrogens is 226 g/mol. The molecule has 0 saturated carbocycles. The van der Waals surface area contributed by atoms with E-state index < -0.39 is 7.60 Å². The van der Waals surface area contributed by atoms with Crippen molar-refractivity contribution in [3.63, 3.8) is 0 Å². The Morgan fingerprint density at radius 2 is 2.19 bits per heavy atom. The maximum atomic E-state index is 12.1. The maximum absolute atomic E-state index is 12.1. The SMILES string of the molecule is BC[C@H]1CO[P@@](=O)(Oc2ccccc2)CO1. The van der Waals surface area contributed by atoms with Crippen molar-refractivity contribution in [2.75, 3.05) is 13.0 Å². The van der Waals surface area contributed by atoms with Crippen molar-refractivity contribution in [3.05, 3.63) is 30.3 Å². The molecule has 0 radical (unpaired) electrons. The zero-order valence-corrected chi connectivity index (χ0v) is 10.1. The van der Waals surface area contributed by atoms with Gasteiger partial charge in [-0.3, -0.25) is 4.52 Å². The highest BCUT2D eigenvalue weighted by molar-refractivity contribution is 7.54. The van der Waals surface area contributed by atoms with Gasteiger partial charge in [-0.1, -0.05) is 24.5 Å². The van der Waals surface area contributed by atoms with Crippen LogP contribution in [-0.4, -0.2) is 26.9 Å². The Morgan fingerprint density at radius 3 is 2.75 bits per heavy atom. The standard InChI is InChI=1S/C10H14BO4P/c11-6-10-7-14-16(12,8-13-10)15-9-4-2-1-3-5-9/h1-5,10H,6-8,11H2/t10-,16+/m0/s1. The van der Waals surface area contributed by atoms with E-state index in [9.17, 15) is 4.57 Å². The summed E-state index contributed by atoms with van der Waals surface area (Å²) in [6, 6.07) is 9.00. The van der Waals surface area contributed by atoms with Gasteiger partial charge >= 0.3 is 7.60 Å². The van der Waals surface area contributed by atoms with Crippen LogP contribution in [0.2, 0.25) is 6.32 Å². The number of rotatable bonds is 3. The van der Waals surface area contributed by atoms with Gasteiger partial charge in [0.25, 0.3) is 0 Å². The minimum atomic E-state index is -3.11. The van der Waals surface area contributed by atoms with Gasteiger partial charge < -0.3 is 9.26 Å². The summed E-state index contributed by atoms with van der Waals surface area (Å²) < 4.78 is 28.1. The van der Waals surface area contributed by atoms with Crippen LogP contribution in [0.5, 0.6) is 5.75 Å². The quantitative estimate of drug-likeness (QED) is 0.595. The second-order valence-corrected chi connectivity index (χ2v) is 5.56. The molecule has 0 unspecified atom stereocenters. The third kappa shape index (κ3) is 2.88. The normalized spacial score (nSPS) is 29.9. The topological polar surface area (TPSA) is 44.8 Å². The Labute approximate surface area is 95.8 Å². The zero-order chi connectivity index (χ0) is 11.4. The summed E-state index contributed by atoms with van der Waals surface area (Å²) in [5, 5.41) is 0. The van der Waals surface area contributed by atoms with Crippen LogP contribution >= 0.6 is 7.60 Å². The van der Waals surface area contributed by atoms with Gasteiger partial charge in [-0.05, 0) is 12.1 Å². The molecule has 2 rings (SSSR count). The Hall–Kier alpha value is -0.765. The maximum Gasteiger partial charge on any atom is 0.404 e. The molecule has 2 atom stereocenters. The van der Waals surface area contributed by atoms with Gasteiger partial charge in [0.2, 0.25) is 0 Å². The number of hydrogen-bond donors (Lipinski definition) is 0. The Balaban J connectivity index is 1.98. The third-order valence-electron chi connectivity index (χ3n) is 2.37. The van der Waals surface area contributed by atoms with Crippen molar-refractivity contribution in [2.24, 2.45) is 0 Å². The molecule has 1 aromatic rings. The molecule has 1 aromatic carbocycles. The fourth-order valence-corrected chi connectivity index (χ4v) is 2.82. The first kappa shape index (κ1) is 11.7. The first-order valence-corrected chi connectivity index (χ1v) is 7.04. The molecule has 0 aromatic heterocycles. The van der Waals surface area contributed by atoms with Crippen LogP contribution in [0.3, 0.4) is 0 Å². The zero-order valence-electron chi connectivity index (χ0n) is 9.17. The fourth-order valence-electron chi connectivity index (χ4n) is 1.41. The molecule has 0 amide bonds. The average Bonchev–Trinajstić information content (AvgIpc) is 2.31. The van der Waals surface area contributed by atoms with E-state index in [0.717, 1.165) is 6.32 Å². The predicted octanol–water partition coefficient (Wildman–Crippen LogP) is 1.68. The third-order valence-corrected chi connectivity index (χ3v) is 3.87. The van der Waals surface area contributed by atoms with Crippen LogP contribution in [0.4, 0.5) is 0 Å². The molecule has 86 valence electrons. The van der Waals surface area contributed by atoms with Crippen molar-refractivity contribution in [1.82, 2.24) is 0 Å². The van der Waals surface area contributed by atoms with E-state index in [4.69, 9.17) is 13.8 Å².